The Morgan fingerprint density at radius 1 is 1.00 bits per heavy atom. The lowest BCUT2D eigenvalue weighted by molar-refractivity contribution is 0.0665. The Hall–Kier alpha value is -3.06. The number of carbonyl (C=O) groups is 1. The molecule has 3 N–H and O–H groups in total. The van der Waals surface area contributed by atoms with Crippen LogP contribution in [0.1, 0.15) is 47.5 Å². The Bertz CT molecular complexity index is 1250. The molecule has 0 unspecified atom stereocenters. The number of nitrogens with one attached hydrogen (secondary N) is 1. The summed E-state index contributed by atoms with van der Waals surface area (Å²) in [5.41, 5.74) is 3.04. The first-order valence-corrected chi connectivity index (χ1v) is 12.9. The molecule has 4 saturated carbocycles. The van der Waals surface area contributed by atoms with Gasteiger partial charge in [0.05, 0.1) is 16.8 Å². The van der Waals surface area contributed by atoms with Crippen LogP contribution in [0.25, 0.3) is 16.0 Å². The van der Waals surface area contributed by atoms with Crippen molar-refractivity contribution in [2.24, 2.45) is 23.7 Å². The molecule has 4 aliphatic rings. The first kappa shape index (κ1) is 21.5. The van der Waals surface area contributed by atoms with Gasteiger partial charge in [-0.1, -0.05) is 12.1 Å². The van der Waals surface area contributed by atoms with E-state index in [1.807, 2.05) is 12.1 Å². The summed E-state index contributed by atoms with van der Waals surface area (Å²) in [6.45, 7) is 0.703. The highest BCUT2D eigenvalue weighted by Gasteiger charge is 2.46. The number of carbonyl (C=O) groups excluding carboxylic acids is 1. The fraction of sp³-hybridized carbons (Fsp3) is 0.407. The third kappa shape index (κ3) is 4.02. The molecule has 3 aromatic rings. The summed E-state index contributed by atoms with van der Waals surface area (Å²) in [6.07, 6.45) is 6.38. The number of hydrogen-bond acceptors (Lipinski definition) is 6. The molecule has 0 aliphatic heterocycles. The molecule has 1 aromatic heterocycles. The molecule has 0 spiro atoms. The molecule has 4 aliphatic carbocycles. The number of amides is 1. The van der Waals surface area contributed by atoms with Gasteiger partial charge < -0.3 is 20.3 Å². The Morgan fingerprint density at radius 3 is 2.47 bits per heavy atom. The highest BCUT2D eigenvalue weighted by atomic mass is 32.1. The minimum atomic E-state index is -0.245. The predicted molar refractivity (Wildman–Crippen MR) is 132 cm³/mol. The van der Waals surface area contributed by atoms with Gasteiger partial charge in [-0.2, -0.15) is 0 Å². The number of fused-ring (bicyclic) bond motifs is 1. The lowest BCUT2D eigenvalue weighted by Gasteiger charge is -2.51. The van der Waals surface area contributed by atoms with Gasteiger partial charge in [-0.15, -0.1) is 11.3 Å². The van der Waals surface area contributed by atoms with Gasteiger partial charge in [0, 0.05) is 5.56 Å². The van der Waals surface area contributed by atoms with Crippen LogP contribution in [0.5, 0.6) is 11.5 Å². The van der Waals surface area contributed by atoms with Crippen molar-refractivity contribution in [1.29, 1.82) is 0 Å². The molecule has 0 atom stereocenters. The van der Waals surface area contributed by atoms with Crippen molar-refractivity contribution in [3.8, 4) is 11.5 Å². The van der Waals surface area contributed by atoms with Crippen LogP contribution in [0.15, 0.2) is 48.0 Å². The maximum atomic E-state index is 12.6. The van der Waals surface area contributed by atoms with E-state index in [1.165, 1.54) is 49.0 Å². The number of ether oxygens (including phenoxy) is 1. The third-order valence-electron chi connectivity index (χ3n) is 7.59. The van der Waals surface area contributed by atoms with Gasteiger partial charge in [-0.25, -0.2) is 4.98 Å². The highest BCUT2D eigenvalue weighted by molar-refractivity contribution is 7.20. The number of rotatable bonds is 6. The van der Waals surface area contributed by atoms with Crippen LogP contribution in [0.4, 0.5) is 0 Å². The summed E-state index contributed by atoms with van der Waals surface area (Å²) in [6, 6.07) is 12.2. The molecular formula is C27H28N2O4S. The number of hydrogen-bond donors (Lipinski definition) is 3. The largest absolute Gasteiger partial charge is 0.508 e. The number of allylic oxidation sites excluding steroid dienone is 1. The van der Waals surface area contributed by atoms with E-state index >= 15 is 0 Å². The second-order valence-electron chi connectivity index (χ2n) is 9.91. The van der Waals surface area contributed by atoms with Crippen LogP contribution in [-0.2, 0) is 4.74 Å². The second-order valence-corrected chi connectivity index (χ2v) is 10.9. The molecular weight excluding hydrogens is 448 g/mol. The first-order valence-electron chi connectivity index (χ1n) is 12.1. The minimum Gasteiger partial charge on any atom is -0.508 e. The fourth-order valence-corrected chi connectivity index (χ4v) is 7.36. The normalized spacial score (nSPS) is 25.0. The van der Waals surface area contributed by atoms with Crippen LogP contribution < -0.4 is 5.32 Å². The average molecular weight is 477 g/mol. The summed E-state index contributed by atoms with van der Waals surface area (Å²) in [5.74, 6) is 3.90. The van der Waals surface area contributed by atoms with Crippen molar-refractivity contribution in [2.45, 2.75) is 32.1 Å². The maximum absolute atomic E-state index is 12.6. The zero-order chi connectivity index (χ0) is 23.2. The smallest absolute Gasteiger partial charge is 0.280 e. The molecule has 2 aromatic carbocycles. The molecule has 4 bridgehead atoms. The molecule has 0 saturated heterocycles. The van der Waals surface area contributed by atoms with Crippen LogP contribution in [0.3, 0.4) is 0 Å². The summed E-state index contributed by atoms with van der Waals surface area (Å²) < 4.78 is 7.15. The topological polar surface area (TPSA) is 91.7 Å². The van der Waals surface area contributed by atoms with E-state index in [1.54, 1.807) is 30.3 Å². The number of aromatic nitrogens is 1. The Labute approximate surface area is 202 Å². The fourth-order valence-electron chi connectivity index (χ4n) is 6.45. The number of benzene rings is 2. The molecule has 1 amide bonds. The van der Waals surface area contributed by atoms with Crippen molar-refractivity contribution in [3.05, 3.63) is 58.6 Å². The van der Waals surface area contributed by atoms with Crippen molar-refractivity contribution in [1.82, 2.24) is 10.3 Å². The van der Waals surface area contributed by atoms with Crippen LogP contribution >= 0.6 is 11.3 Å². The Morgan fingerprint density at radius 2 is 1.74 bits per heavy atom. The van der Waals surface area contributed by atoms with E-state index < -0.39 is 0 Å². The summed E-state index contributed by atoms with van der Waals surface area (Å²) in [4.78, 5) is 17.0. The van der Waals surface area contributed by atoms with Gasteiger partial charge in [0.2, 0.25) is 0 Å². The minimum absolute atomic E-state index is 0.161. The highest BCUT2D eigenvalue weighted by Crippen LogP contribution is 2.58. The van der Waals surface area contributed by atoms with E-state index in [9.17, 15) is 15.0 Å². The van der Waals surface area contributed by atoms with Crippen LogP contribution in [-0.4, -0.2) is 34.3 Å². The lowest BCUT2D eigenvalue weighted by Crippen LogP contribution is -2.41. The van der Waals surface area contributed by atoms with Gasteiger partial charge in [0.1, 0.15) is 23.9 Å². The molecule has 1 heterocycles. The van der Waals surface area contributed by atoms with Crippen molar-refractivity contribution in [2.75, 3.05) is 13.2 Å². The standard InChI is InChI=1S/C27H28N2O4S/c30-20-3-1-2-17(13-20)25(24-18-9-15-8-16(11-18)12-19(24)10-15)33-7-6-28-26(32)27-29-22-5-4-21(31)14-23(22)34-27/h1-5,13-16,18-19,30-31H,6-12H2,(H,28,32). The summed E-state index contributed by atoms with van der Waals surface area (Å²) in [5, 5.41) is 23.0. The first-order chi connectivity index (χ1) is 16.5. The number of phenols is 2. The SMILES string of the molecule is O=C(NCCOC(=C1C2CC3CC(C2)CC1C3)c1cccc(O)c1)c1nc2ccc(O)cc2s1. The van der Waals surface area contributed by atoms with Crippen LogP contribution in [0.2, 0.25) is 0 Å². The van der Waals surface area contributed by atoms with Gasteiger partial charge >= 0.3 is 0 Å². The van der Waals surface area contributed by atoms with Crippen molar-refractivity contribution < 1.29 is 19.7 Å². The zero-order valence-electron chi connectivity index (χ0n) is 18.9. The van der Waals surface area contributed by atoms with E-state index in [0.717, 1.165) is 27.9 Å². The number of thiazole rings is 1. The zero-order valence-corrected chi connectivity index (χ0v) is 19.7. The molecule has 176 valence electrons. The molecule has 4 fully saturated rings. The Balaban J connectivity index is 1.18. The lowest BCUT2D eigenvalue weighted by atomic mass is 9.54. The van der Waals surface area contributed by atoms with Gasteiger partial charge in [0.15, 0.2) is 5.01 Å². The maximum Gasteiger partial charge on any atom is 0.280 e. The quantitative estimate of drug-likeness (QED) is 0.331. The van der Waals surface area contributed by atoms with Crippen molar-refractivity contribution in [3.63, 3.8) is 0 Å². The third-order valence-corrected chi connectivity index (χ3v) is 8.61. The van der Waals surface area contributed by atoms with E-state index in [2.05, 4.69) is 10.3 Å². The number of phenolic OH excluding ortho intramolecular Hbond substituents is 2. The van der Waals surface area contributed by atoms with E-state index in [0.29, 0.717) is 35.5 Å². The number of aromatic hydroxyl groups is 2. The predicted octanol–water partition coefficient (Wildman–Crippen LogP) is 5.32. The molecule has 7 rings (SSSR count). The molecule has 7 heteroatoms. The summed E-state index contributed by atoms with van der Waals surface area (Å²) >= 11 is 1.26. The summed E-state index contributed by atoms with van der Waals surface area (Å²) in [7, 11) is 0. The molecule has 6 nitrogen and oxygen atoms in total. The van der Waals surface area contributed by atoms with E-state index in [4.69, 9.17) is 4.74 Å². The van der Waals surface area contributed by atoms with E-state index in [-0.39, 0.29) is 17.4 Å². The van der Waals surface area contributed by atoms with Gasteiger partial charge in [-0.3, -0.25) is 4.79 Å². The van der Waals surface area contributed by atoms with Gasteiger partial charge in [0.25, 0.3) is 5.91 Å². The monoisotopic (exact) mass is 476 g/mol. The molecule has 34 heavy (non-hydrogen) atoms. The Kier molecular flexibility index (Phi) is 5.44. The molecule has 0 radical (unpaired) electrons. The van der Waals surface area contributed by atoms with Crippen LogP contribution in [0, 0.1) is 23.7 Å². The number of nitrogens with zero attached hydrogens (tertiary/aromatic N) is 1. The van der Waals surface area contributed by atoms with Gasteiger partial charge in [-0.05, 0) is 91.7 Å². The van der Waals surface area contributed by atoms with Crippen molar-refractivity contribution >= 4 is 33.2 Å². The average Bonchev–Trinajstić information content (AvgIpc) is 3.23. The second kappa shape index (κ2) is 8.62.